The van der Waals surface area contributed by atoms with Crippen LogP contribution in [-0.4, -0.2) is 39.0 Å². The smallest absolute Gasteiger partial charge is 0.317 e. The number of carboxylic acid groups (broad SMARTS) is 3. The van der Waals surface area contributed by atoms with E-state index in [1.54, 1.807) is 62.4 Å². The van der Waals surface area contributed by atoms with E-state index >= 15 is 0 Å². The number of ketones is 1. The van der Waals surface area contributed by atoms with E-state index in [4.69, 9.17) is 10.2 Å². The third-order valence-corrected chi connectivity index (χ3v) is 6.86. The van der Waals surface area contributed by atoms with Crippen molar-refractivity contribution in [3.05, 3.63) is 70.8 Å². The Balaban J connectivity index is 1.74. The van der Waals surface area contributed by atoms with Crippen molar-refractivity contribution in [2.45, 2.75) is 51.4 Å². The van der Waals surface area contributed by atoms with Gasteiger partial charge in [0.05, 0.1) is 11.8 Å². The van der Waals surface area contributed by atoms with Gasteiger partial charge in [0.25, 0.3) is 0 Å². The van der Waals surface area contributed by atoms with E-state index in [1.807, 2.05) is 0 Å². The summed E-state index contributed by atoms with van der Waals surface area (Å²) in [6.07, 6.45) is 1.18. The Hall–Kier alpha value is -3.48. The van der Waals surface area contributed by atoms with E-state index in [9.17, 15) is 24.3 Å². The van der Waals surface area contributed by atoms with Gasteiger partial charge in [-0.25, -0.2) is 0 Å². The van der Waals surface area contributed by atoms with Gasteiger partial charge in [-0.1, -0.05) is 48.5 Å². The number of carboxylic acids is 3. The summed E-state index contributed by atoms with van der Waals surface area (Å²) in [6, 6.07) is 13.8. The van der Waals surface area contributed by atoms with Crippen LogP contribution < -0.4 is 0 Å². The van der Waals surface area contributed by atoms with Gasteiger partial charge in [0.1, 0.15) is 5.41 Å². The van der Waals surface area contributed by atoms with Crippen molar-refractivity contribution >= 4 is 23.7 Å². The first-order chi connectivity index (χ1) is 15.5. The molecule has 1 saturated carbocycles. The summed E-state index contributed by atoms with van der Waals surface area (Å²) in [5.41, 5.74) is 1.33. The van der Waals surface area contributed by atoms with Crippen LogP contribution in [-0.2, 0) is 32.0 Å². The second kappa shape index (κ2) is 9.57. The van der Waals surface area contributed by atoms with E-state index in [0.29, 0.717) is 29.5 Å². The fourth-order valence-corrected chi connectivity index (χ4v) is 4.51. The first kappa shape index (κ1) is 24.2. The van der Waals surface area contributed by atoms with Crippen molar-refractivity contribution in [1.82, 2.24) is 0 Å². The first-order valence-corrected chi connectivity index (χ1v) is 11.0. The minimum Gasteiger partial charge on any atom is -0.481 e. The molecule has 1 aliphatic rings. The number of hydrogen-bond acceptors (Lipinski definition) is 4. The van der Waals surface area contributed by atoms with Crippen LogP contribution in [0, 0.1) is 11.3 Å². The number of rotatable bonds is 9. The van der Waals surface area contributed by atoms with Crippen LogP contribution in [0.15, 0.2) is 48.5 Å². The maximum absolute atomic E-state index is 13.3. The quantitative estimate of drug-likeness (QED) is 0.492. The predicted molar refractivity (Wildman–Crippen MR) is 120 cm³/mol. The SMILES string of the molecule is CC(C(=O)O)c1ccc(CC2CCC(Cc3ccc(C(C)C(=O)O)cc3)(C(=O)O)C2=O)cc1. The molecule has 7 nitrogen and oxygen atoms in total. The Labute approximate surface area is 192 Å². The third kappa shape index (κ3) is 4.97. The minimum atomic E-state index is -1.50. The lowest BCUT2D eigenvalue weighted by Crippen LogP contribution is -2.39. The zero-order chi connectivity index (χ0) is 24.3. The van der Waals surface area contributed by atoms with Crippen LogP contribution in [0.4, 0.5) is 0 Å². The van der Waals surface area contributed by atoms with Crippen LogP contribution in [0.1, 0.15) is 60.8 Å². The zero-order valence-corrected chi connectivity index (χ0v) is 18.7. The number of benzene rings is 2. The third-order valence-electron chi connectivity index (χ3n) is 6.86. The summed E-state index contributed by atoms with van der Waals surface area (Å²) in [6.45, 7) is 3.18. The minimum absolute atomic E-state index is 0.0640. The molecule has 0 aliphatic heterocycles. The molecule has 0 heterocycles. The lowest BCUT2D eigenvalue weighted by Gasteiger charge is -2.23. The molecule has 4 unspecified atom stereocenters. The van der Waals surface area contributed by atoms with Gasteiger partial charge < -0.3 is 15.3 Å². The van der Waals surface area contributed by atoms with Gasteiger partial charge in [0.2, 0.25) is 0 Å². The monoisotopic (exact) mass is 452 g/mol. The number of aliphatic carboxylic acids is 3. The van der Waals surface area contributed by atoms with Crippen LogP contribution >= 0.6 is 0 Å². The average molecular weight is 453 g/mol. The second-order valence-electron chi connectivity index (χ2n) is 8.97. The van der Waals surface area contributed by atoms with Gasteiger partial charge in [0, 0.05) is 5.92 Å². The first-order valence-electron chi connectivity index (χ1n) is 11.0. The summed E-state index contributed by atoms with van der Waals surface area (Å²) < 4.78 is 0. The molecular formula is C26H28O7. The number of carbonyl (C=O) groups excluding carboxylic acids is 1. The molecule has 3 N–H and O–H groups in total. The Kier molecular flexibility index (Phi) is 7.01. The molecule has 4 atom stereocenters. The van der Waals surface area contributed by atoms with Gasteiger partial charge in [-0.15, -0.1) is 0 Å². The molecule has 0 bridgehead atoms. The molecule has 2 aromatic carbocycles. The number of hydrogen-bond donors (Lipinski definition) is 3. The Morgan fingerprint density at radius 3 is 1.73 bits per heavy atom. The lowest BCUT2D eigenvalue weighted by molar-refractivity contribution is -0.154. The van der Waals surface area contributed by atoms with E-state index in [-0.39, 0.29) is 18.6 Å². The van der Waals surface area contributed by atoms with Crippen molar-refractivity contribution in [2.75, 3.05) is 0 Å². The van der Waals surface area contributed by atoms with E-state index in [1.165, 1.54) is 0 Å². The summed E-state index contributed by atoms with van der Waals surface area (Å²) in [5.74, 6) is -5.00. The standard InChI is InChI=1S/C26H28O7/c1-15(23(28)29)19-7-3-17(4-8-19)13-21-11-12-26(22(21)27,25(32)33)14-18-5-9-20(10-6-18)16(2)24(30)31/h3-10,15-16,21H,11-14H2,1-2H3,(H,28,29)(H,30,31)(H,32,33). The van der Waals surface area contributed by atoms with Crippen molar-refractivity contribution in [1.29, 1.82) is 0 Å². The second-order valence-corrected chi connectivity index (χ2v) is 8.97. The Bertz CT molecular complexity index is 1060. The molecule has 0 aromatic heterocycles. The zero-order valence-electron chi connectivity index (χ0n) is 18.7. The molecule has 0 spiro atoms. The van der Waals surface area contributed by atoms with Crippen LogP contribution in [0.3, 0.4) is 0 Å². The summed E-state index contributed by atoms with van der Waals surface area (Å²) in [4.78, 5) is 47.8. The van der Waals surface area contributed by atoms with Gasteiger partial charge in [-0.3, -0.25) is 19.2 Å². The van der Waals surface area contributed by atoms with Crippen molar-refractivity contribution < 1.29 is 34.5 Å². The van der Waals surface area contributed by atoms with Crippen LogP contribution in [0.5, 0.6) is 0 Å². The topological polar surface area (TPSA) is 129 Å². The Morgan fingerprint density at radius 1 is 0.848 bits per heavy atom. The van der Waals surface area contributed by atoms with Crippen LogP contribution in [0.25, 0.3) is 0 Å². The molecule has 33 heavy (non-hydrogen) atoms. The fraction of sp³-hybridized carbons (Fsp3) is 0.385. The van der Waals surface area contributed by atoms with Crippen LogP contribution in [0.2, 0.25) is 0 Å². The molecule has 1 fully saturated rings. The van der Waals surface area contributed by atoms with Gasteiger partial charge in [0.15, 0.2) is 5.78 Å². The fourth-order valence-electron chi connectivity index (χ4n) is 4.51. The molecule has 3 rings (SSSR count). The Morgan fingerprint density at radius 2 is 1.30 bits per heavy atom. The largest absolute Gasteiger partial charge is 0.481 e. The van der Waals surface area contributed by atoms with Crippen molar-refractivity contribution in [3.63, 3.8) is 0 Å². The highest BCUT2D eigenvalue weighted by atomic mass is 16.4. The molecule has 7 heteroatoms. The molecule has 2 aromatic rings. The van der Waals surface area contributed by atoms with Gasteiger partial charge in [-0.05, 0) is 61.8 Å². The highest BCUT2D eigenvalue weighted by Crippen LogP contribution is 2.43. The average Bonchev–Trinajstić information content (AvgIpc) is 3.10. The van der Waals surface area contributed by atoms with Crippen molar-refractivity contribution in [2.24, 2.45) is 11.3 Å². The summed E-state index contributed by atoms with van der Waals surface area (Å²) in [5, 5.41) is 28.3. The summed E-state index contributed by atoms with van der Waals surface area (Å²) in [7, 11) is 0. The normalized spacial score (nSPS) is 22.0. The number of Topliss-reactive ketones (excluding diaryl/α,β-unsaturated/α-hetero) is 1. The molecule has 174 valence electrons. The number of carbonyl (C=O) groups is 4. The molecule has 0 radical (unpaired) electrons. The van der Waals surface area contributed by atoms with E-state index in [2.05, 4.69) is 0 Å². The molecular weight excluding hydrogens is 424 g/mol. The van der Waals surface area contributed by atoms with Gasteiger partial charge >= 0.3 is 17.9 Å². The summed E-state index contributed by atoms with van der Waals surface area (Å²) >= 11 is 0. The van der Waals surface area contributed by atoms with E-state index < -0.39 is 41.1 Å². The highest BCUT2D eigenvalue weighted by molar-refractivity contribution is 6.06. The maximum atomic E-state index is 13.3. The van der Waals surface area contributed by atoms with Crippen molar-refractivity contribution in [3.8, 4) is 0 Å². The van der Waals surface area contributed by atoms with Gasteiger partial charge in [-0.2, -0.15) is 0 Å². The molecule has 1 aliphatic carbocycles. The predicted octanol–water partition coefficient (Wildman–Crippen LogP) is 3.90. The molecule has 0 amide bonds. The highest BCUT2D eigenvalue weighted by Gasteiger charge is 2.53. The maximum Gasteiger partial charge on any atom is 0.317 e. The van der Waals surface area contributed by atoms with E-state index in [0.717, 1.165) is 5.56 Å². The molecule has 0 saturated heterocycles. The lowest BCUT2D eigenvalue weighted by atomic mass is 9.77.